The summed E-state index contributed by atoms with van der Waals surface area (Å²) in [5.41, 5.74) is 0.138. The fourth-order valence-electron chi connectivity index (χ4n) is 4.08. The number of carbonyl (C=O) groups excluding carboxylic acids is 1. The van der Waals surface area contributed by atoms with Crippen molar-refractivity contribution in [3.05, 3.63) is 41.4 Å². The molecule has 2 saturated heterocycles. The molecular formula is C21H26N6O3S2. The number of benzene rings is 1. The van der Waals surface area contributed by atoms with Gasteiger partial charge in [-0.2, -0.15) is 9.57 Å². The van der Waals surface area contributed by atoms with E-state index in [0.717, 1.165) is 37.7 Å². The van der Waals surface area contributed by atoms with Crippen LogP contribution in [-0.2, 0) is 14.8 Å². The molecule has 0 unspecified atom stereocenters. The number of carbonyl (C=O) groups is 1. The smallest absolute Gasteiger partial charge is 0.244 e. The third-order valence-corrected chi connectivity index (χ3v) is 8.64. The van der Waals surface area contributed by atoms with Crippen LogP contribution < -0.4 is 4.90 Å². The van der Waals surface area contributed by atoms with Gasteiger partial charge in [-0.05, 0) is 18.6 Å². The van der Waals surface area contributed by atoms with Crippen molar-refractivity contribution in [2.24, 2.45) is 0 Å². The van der Waals surface area contributed by atoms with Gasteiger partial charge in [0.2, 0.25) is 15.9 Å². The summed E-state index contributed by atoms with van der Waals surface area (Å²) in [5, 5.41) is 12.2. The summed E-state index contributed by atoms with van der Waals surface area (Å²) in [6, 6.07) is 8.17. The Kier molecular flexibility index (Phi) is 7.05. The number of hydrogen-bond acceptors (Lipinski definition) is 8. The van der Waals surface area contributed by atoms with Crippen molar-refractivity contribution in [1.82, 2.24) is 19.1 Å². The molecule has 0 atom stereocenters. The van der Waals surface area contributed by atoms with Crippen molar-refractivity contribution < 1.29 is 13.2 Å². The fraction of sp³-hybridized carbons (Fsp3) is 0.476. The monoisotopic (exact) mass is 474 g/mol. The first kappa shape index (κ1) is 22.7. The molecule has 0 N–H and O–H groups in total. The molecular weight excluding hydrogens is 448 g/mol. The van der Waals surface area contributed by atoms with E-state index < -0.39 is 10.0 Å². The van der Waals surface area contributed by atoms with Crippen molar-refractivity contribution in [2.45, 2.75) is 11.3 Å². The summed E-state index contributed by atoms with van der Waals surface area (Å²) in [4.78, 5) is 23.4. The summed E-state index contributed by atoms with van der Waals surface area (Å²) in [7, 11) is -3.76. The van der Waals surface area contributed by atoms with Gasteiger partial charge in [-0.25, -0.2) is 13.4 Å². The number of rotatable bonds is 5. The average molecular weight is 475 g/mol. The van der Waals surface area contributed by atoms with Gasteiger partial charge in [0.15, 0.2) is 5.13 Å². The standard InChI is InChI=1S/C21H26N6O3S2/c22-16-18-4-1-2-5-19(18)32(29,30)27-13-11-25(12-14-27)20(28)17-24-7-3-8-26(10-9-24)21-23-6-15-31-21/h1-2,4-6,15H,3,7-14,17H2. The average Bonchev–Trinajstić information content (AvgIpc) is 3.26. The van der Waals surface area contributed by atoms with Gasteiger partial charge in [0, 0.05) is 63.9 Å². The lowest BCUT2D eigenvalue weighted by Crippen LogP contribution is -2.52. The molecule has 0 saturated carbocycles. The zero-order chi connectivity index (χ0) is 22.6. The quantitative estimate of drug-likeness (QED) is 0.639. The lowest BCUT2D eigenvalue weighted by molar-refractivity contribution is -0.133. The van der Waals surface area contributed by atoms with E-state index in [-0.39, 0.29) is 29.5 Å². The second-order valence-electron chi connectivity index (χ2n) is 7.82. The number of sulfonamides is 1. The highest BCUT2D eigenvalue weighted by molar-refractivity contribution is 7.89. The zero-order valence-corrected chi connectivity index (χ0v) is 19.4. The largest absolute Gasteiger partial charge is 0.347 e. The van der Waals surface area contributed by atoms with Crippen LogP contribution in [0, 0.1) is 11.3 Å². The van der Waals surface area contributed by atoms with E-state index in [4.69, 9.17) is 0 Å². The Morgan fingerprint density at radius 2 is 1.84 bits per heavy atom. The number of aromatic nitrogens is 1. The van der Waals surface area contributed by atoms with Crippen molar-refractivity contribution in [1.29, 1.82) is 5.26 Å². The van der Waals surface area contributed by atoms with Gasteiger partial charge in [0.1, 0.15) is 6.07 Å². The Morgan fingerprint density at radius 1 is 1.06 bits per heavy atom. The van der Waals surface area contributed by atoms with Gasteiger partial charge in [0.05, 0.1) is 17.0 Å². The molecule has 0 aliphatic carbocycles. The lowest BCUT2D eigenvalue weighted by Gasteiger charge is -2.35. The fourth-order valence-corrected chi connectivity index (χ4v) is 6.35. The Balaban J connectivity index is 1.30. The predicted molar refractivity (Wildman–Crippen MR) is 122 cm³/mol. The summed E-state index contributed by atoms with van der Waals surface area (Å²) >= 11 is 1.63. The molecule has 1 amide bonds. The third kappa shape index (κ3) is 4.94. The maximum atomic E-state index is 13.0. The van der Waals surface area contributed by atoms with Crippen LogP contribution in [0.4, 0.5) is 5.13 Å². The van der Waals surface area contributed by atoms with Crippen LogP contribution in [0.1, 0.15) is 12.0 Å². The normalized spacial score (nSPS) is 18.8. The number of anilines is 1. The molecule has 0 bridgehead atoms. The molecule has 2 fully saturated rings. The van der Waals surface area contributed by atoms with Gasteiger partial charge in [-0.1, -0.05) is 12.1 Å². The van der Waals surface area contributed by atoms with Crippen LogP contribution in [0.2, 0.25) is 0 Å². The highest BCUT2D eigenvalue weighted by Crippen LogP contribution is 2.22. The van der Waals surface area contributed by atoms with Crippen LogP contribution in [0.15, 0.2) is 40.7 Å². The van der Waals surface area contributed by atoms with Gasteiger partial charge < -0.3 is 9.80 Å². The minimum atomic E-state index is -3.76. The van der Waals surface area contributed by atoms with E-state index in [0.29, 0.717) is 19.6 Å². The maximum absolute atomic E-state index is 13.0. The zero-order valence-electron chi connectivity index (χ0n) is 17.8. The first-order valence-corrected chi connectivity index (χ1v) is 12.9. The molecule has 1 aromatic carbocycles. The van der Waals surface area contributed by atoms with Crippen LogP contribution in [0.5, 0.6) is 0 Å². The second kappa shape index (κ2) is 9.95. The van der Waals surface area contributed by atoms with Gasteiger partial charge in [-0.15, -0.1) is 11.3 Å². The summed E-state index contributed by atoms with van der Waals surface area (Å²) in [6.45, 7) is 4.92. The number of nitriles is 1. The van der Waals surface area contributed by atoms with Crippen molar-refractivity contribution in [3.8, 4) is 6.07 Å². The van der Waals surface area contributed by atoms with Crippen molar-refractivity contribution in [3.63, 3.8) is 0 Å². The van der Waals surface area contributed by atoms with Gasteiger partial charge >= 0.3 is 0 Å². The Bertz CT molecular complexity index is 1080. The molecule has 170 valence electrons. The highest BCUT2D eigenvalue weighted by atomic mass is 32.2. The third-order valence-electron chi connectivity index (χ3n) is 5.85. The van der Waals surface area contributed by atoms with Gasteiger partial charge in [-0.3, -0.25) is 9.69 Å². The molecule has 0 radical (unpaired) electrons. The molecule has 2 aliphatic heterocycles. The van der Waals surface area contributed by atoms with E-state index in [1.807, 2.05) is 17.6 Å². The SMILES string of the molecule is N#Cc1ccccc1S(=O)(=O)N1CCN(C(=O)CN2CCCN(c3nccs3)CC2)CC1. The summed E-state index contributed by atoms with van der Waals surface area (Å²) < 4.78 is 27.3. The number of nitrogens with zero attached hydrogens (tertiary/aromatic N) is 6. The predicted octanol–water partition coefficient (Wildman–Crippen LogP) is 1.06. The minimum Gasteiger partial charge on any atom is -0.347 e. The van der Waals surface area contributed by atoms with E-state index in [1.165, 1.54) is 16.4 Å². The summed E-state index contributed by atoms with van der Waals surface area (Å²) in [6.07, 6.45) is 2.78. The highest BCUT2D eigenvalue weighted by Gasteiger charge is 2.32. The molecule has 1 aromatic heterocycles. The van der Waals surface area contributed by atoms with Crippen LogP contribution >= 0.6 is 11.3 Å². The number of hydrogen-bond donors (Lipinski definition) is 0. The molecule has 0 spiro atoms. The minimum absolute atomic E-state index is 0.0247. The van der Waals surface area contributed by atoms with E-state index >= 15 is 0 Å². The van der Waals surface area contributed by atoms with Gasteiger partial charge in [0.25, 0.3) is 0 Å². The van der Waals surface area contributed by atoms with Crippen molar-refractivity contribution >= 4 is 32.4 Å². The van der Waals surface area contributed by atoms with Crippen LogP contribution in [-0.4, -0.2) is 92.3 Å². The number of piperazine rings is 1. The lowest BCUT2D eigenvalue weighted by atomic mass is 10.2. The Morgan fingerprint density at radius 3 is 2.56 bits per heavy atom. The first-order chi connectivity index (χ1) is 15.5. The maximum Gasteiger partial charge on any atom is 0.244 e. The second-order valence-corrected chi connectivity index (χ2v) is 10.6. The Labute approximate surface area is 192 Å². The molecule has 2 aromatic rings. The summed E-state index contributed by atoms with van der Waals surface area (Å²) in [5.74, 6) is 0.0298. The molecule has 2 aliphatic rings. The molecule has 3 heterocycles. The molecule has 9 nitrogen and oxygen atoms in total. The number of thiazole rings is 1. The van der Waals surface area contributed by atoms with E-state index in [1.54, 1.807) is 28.4 Å². The molecule has 11 heteroatoms. The topological polar surface area (TPSA) is 101 Å². The molecule has 4 rings (SSSR count). The number of amides is 1. The molecule has 32 heavy (non-hydrogen) atoms. The Hall–Kier alpha value is -2.52. The first-order valence-electron chi connectivity index (χ1n) is 10.6. The van der Waals surface area contributed by atoms with E-state index in [9.17, 15) is 18.5 Å². The van der Waals surface area contributed by atoms with E-state index in [2.05, 4.69) is 14.8 Å². The van der Waals surface area contributed by atoms with Crippen LogP contribution in [0.3, 0.4) is 0 Å². The van der Waals surface area contributed by atoms with Crippen LogP contribution in [0.25, 0.3) is 0 Å². The van der Waals surface area contributed by atoms with Crippen molar-refractivity contribution in [2.75, 3.05) is 63.8 Å².